The topological polar surface area (TPSA) is 32.8 Å². The second-order valence-corrected chi connectivity index (χ2v) is 22.9. The largest absolute Gasteiger partial charge is 0.456 e. The van der Waals surface area contributed by atoms with Crippen LogP contribution in [-0.2, 0) is 5.41 Å². The number of benzene rings is 7. The molecule has 3 aliphatic rings. The van der Waals surface area contributed by atoms with E-state index in [4.69, 9.17) is 8.83 Å². The first-order valence-corrected chi connectivity index (χ1v) is 23.8. The number of rotatable bonds is 1. The molecule has 10 aromatic rings. The zero-order chi connectivity index (χ0) is 38.1. The Morgan fingerprint density at radius 2 is 1.19 bits per heavy atom. The standard InChI is InChI=1S/C50H37BN2O2SSi/c1-50(2,3)28-21-23-29(24-22-28)52-36-16-12-17-37-43(36)51(42-33-15-8-11-20-41(33)56-49(42)52)35-27-34-31-14-7-10-19-40(31)55-46(34)48-44(35)53(37)38-26-25-32-30-13-6-9-18-39(30)54-45(32)47(38)57(48,4)5/h6-27H,1-5H3. The van der Waals surface area contributed by atoms with Crippen LogP contribution < -0.4 is 36.6 Å². The Balaban J connectivity index is 1.20. The summed E-state index contributed by atoms with van der Waals surface area (Å²) in [5.74, 6) is 0. The molecule has 7 aromatic carbocycles. The lowest BCUT2D eigenvalue weighted by Crippen LogP contribution is -2.67. The van der Waals surface area contributed by atoms with Gasteiger partial charge < -0.3 is 18.6 Å². The molecule has 0 radical (unpaired) electrons. The average molecular weight is 769 g/mol. The maximum Gasteiger partial charge on any atom is 0.254 e. The van der Waals surface area contributed by atoms with Gasteiger partial charge in [0.25, 0.3) is 6.71 Å². The summed E-state index contributed by atoms with van der Waals surface area (Å²) in [5, 5.41) is 10.0. The van der Waals surface area contributed by atoms with Gasteiger partial charge in [-0.25, -0.2) is 0 Å². The maximum absolute atomic E-state index is 7.04. The van der Waals surface area contributed by atoms with Crippen LogP contribution in [0.3, 0.4) is 0 Å². The summed E-state index contributed by atoms with van der Waals surface area (Å²) in [4.78, 5) is 5.14. The molecule has 0 atom stereocenters. The van der Waals surface area contributed by atoms with Crippen LogP contribution in [0.15, 0.2) is 142 Å². The Hall–Kier alpha value is -6.02. The molecule has 3 aromatic heterocycles. The van der Waals surface area contributed by atoms with Gasteiger partial charge in [0.1, 0.15) is 30.4 Å². The summed E-state index contributed by atoms with van der Waals surface area (Å²) < 4.78 is 15.3. The van der Waals surface area contributed by atoms with Crippen molar-refractivity contribution in [1.82, 2.24) is 0 Å². The lowest BCUT2D eigenvalue weighted by Gasteiger charge is -2.48. The van der Waals surface area contributed by atoms with E-state index in [2.05, 4.69) is 177 Å². The van der Waals surface area contributed by atoms with Gasteiger partial charge in [-0.3, -0.25) is 0 Å². The van der Waals surface area contributed by atoms with Gasteiger partial charge in [0.15, 0.2) is 0 Å². The number of hydrogen-bond acceptors (Lipinski definition) is 5. The minimum Gasteiger partial charge on any atom is -0.456 e. The Morgan fingerprint density at radius 3 is 1.91 bits per heavy atom. The van der Waals surface area contributed by atoms with Crippen molar-refractivity contribution in [3.05, 3.63) is 139 Å². The van der Waals surface area contributed by atoms with Gasteiger partial charge in [-0.2, -0.15) is 0 Å². The smallest absolute Gasteiger partial charge is 0.254 e. The number of thiophene rings is 1. The number of hydrogen-bond donors (Lipinski definition) is 0. The summed E-state index contributed by atoms with van der Waals surface area (Å²) >= 11 is 1.91. The number of furan rings is 2. The van der Waals surface area contributed by atoms with Gasteiger partial charge in [-0.15, -0.1) is 11.3 Å². The molecular formula is C50H37BN2O2SSi. The molecule has 0 bridgehead atoms. The molecule has 7 heteroatoms. The summed E-state index contributed by atoms with van der Waals surface area (Å²) in [7, 11) is -2.55. The molecule has 0 aliphatic carbocycles. The van der Waals surface area contributed by atoms with Crippen LogP contribution >= 0.6 is 11.3 Å². The van der Waals surface area contributed by atoms with E-state index in [9.17, 15) is 0 Å². The van der Waals surface area contributed by atoms with Crippen LogP contribution in [0.2, 0.25) is 13.1 Å². The first-order valence-electron chi connectivity index (χ1n) is 20.0. The third-order valence-corrected chi connectivity index (χ3v) is 17.8. The lowest BCUT2D eigenvalue weighted by atomic mass is 9.33. The molecule has 0 unspecified atom stereocenters. The Kier molecular flexibility index (Phi) is 6.01. The molecule has 272 valence electrons. The highest BCUT2D eigenvalue weighted by molar-refractivity contribution is 7.26. The van der Waals surface area contributed by atoms with Crippen LogP contribution in [-0.4, -0.2) is 14.8 Å². The first-order chi connectivity index (χ1) is 27.7. The summed E-state index contributed by atoms with van der Waals surface area (Å²) in [6.07, 6.45) is 0. The van der Waals surface area contributed by atoms with E-state index in [1.54, 1.807) is 0 Å². The highest BCUT2D eigenvalue weighted by Gasteiger charge is 2.52. The van der Waals surface area contributed by atoms with Crippen molar-refractivity contribution in [3.63, 3.8) is 0 Å². The Bertz CT molecular complexity index is 3400. The van der Waals surface area contributed by atoms with Crippen molar-refractivity contribution in [3.8, 4) is 0 Å². The highest BCUT2D eigenvalue weighted by Crippen LogP contribution is 2.50. The fourth-order valence-electron chi connectivity index (χ4n) is 10.6. The SMILES string of the molecule is CC(C)(C)c1ccc(N2c3cccc4c3B(c3cc5c(oc6ccccc65)c5c3N4c3ccc4c(oc6ccccc64)c3[Si]5(C)C)c3c2sc2ccccc32)cc1. The van der Waals surface area contributed by atoms with Crippen molar-refractivity contribution in [2.45, 2.75) is 39.3 Å². The van der Waals surface area contributed by atoms with Gasteiger partial charge in [0, 0.05) is 65.1 Å². The van der Waals surface area contributed by atoms with E-state index in [0.29, 0.717) is 0 Å². The monoisotopic (exact) mass is 768 g/mol. The van der Waals surface area contributed by atoms with E-state index in [1.165, 1.54) is 92.0 Å². The van der Waals surface area contributed by atoms with E-state index >= 15 is 0 Å². The second-order valence-electron chi connectivity index (χ2n) is 17.7. The predicted molar refractivity (Wildman–Crippen MR) is 246 cm³/mol. The molecule has 0 N–H and O–H groups in total. The van der Waals surface area contributed by atoms with Crippen LogP contribution in [0.5, 0.6) is 0 Å². The molecule has 0 saturated carbocycles. The number of nitrogens with zero attached hydrogens (tertiary/aromatic N) is 2. The summed E-state index contributed by atoms with van der Waals surface area (Å²) in [6.45, 7) is 11.9. The molecule has 0 saturated heterocycles. The summed E-state index contributed by atoms with van der Waals surface area (Å²) in [5.41, 5.74) is 15.5. The van der Waals surface area contributed by atoms with E-state index < -0.39 is 8.07 Å². The highest BCUT2D eigenvalue weighted by atomic mass is 32.1. The lowest BCUT2D eigenvalue weighted by molar-refractivity contribution is 0.590. The van der Waals surface area contributed by atoms with Crippen molar-refractivity contribution < 1.29 is 8.83 Å². The van der Waals surface area contributed by atoms with E-state index in [-0.39, 0.29) is 12.1 Å². The molecule has 6 heterocycles. The molecule has 13 rings (SSSR count). The minimum atomic E-state index is -2.55. The molecule has 0 fully saturated rings. The second kappa shape index (κ2) is 10.7. The number of para-hydroxylation sites is 2. The van der Waals surface area contributed by atoms with Crippen molar-refractivity contribution in [2.75, 3.05) is 9.80 Å². The molecule has 0 amide bonds. The van der Waals surface area contributed by atoms with Crippen molar-refractivity contribution >= 4 is 140 Å². The normalized spacial score (nSPS) is 15.1. The van der Waals surface area contributed by atoms with Gasteiger partial charge in [-0.05, 0) is 87.4 Å². The zero-order valence-corrected chi connectivity index (χ0v) is 34.2. The molecule has 3 aliphatic heterocycles. The van der Waals surface area contributed by atoms with Crippen LogP contribution in [0.25, 0.3) is 54.0 Å². The fraction of sp³-hybridized carbons (Fsp3) is 0.120. The van der Waals surface area contributed by atoms with Crippen LogP contribution in [0, 0.1) is 0 Å². The number of fused-ring (bicyclic) bond motifs is 16. The quantitative estimate of drug-likeness (QED) is 0.156. The first kappa shape index (κ1) is 32.1. The van der Waals surface area contributed by atoms with Gasteiger partial charge in [-0.1, -0.05) is 113 Å². The van der Waals surface area contributed by atoms with Gasteiger partial charge in [0.05, 0.1) is 5.00 Å². The van der Waals surface area contributed by atoms with E-state index in [1.807, 2.05) is 11.3 Å². The van der Waals surface area contributed by atoms with Crippen molar-refractivity contribution in [1.29, 1.82) is 0 Å². The minimum absolute atomic E-state index is 0.0248. The van der Waals surface area contributed by atoms with Crippen molar-refractivity contribution in [2.24, 2.45) is 0 Å². The number of anilines is 6. The average Bonchev–Trinajstić information content (AvgIpc) is 3.90. The van der Waals surface area contributed by atoms with Crippen LogP contribution in [0.4, 0.5) is 33.4 Å². The maximum atomic E-state index is 7.04. The molecule has 57 heavy (non-hydrogen) atoms. The third-order valence-electron chi connectivity index (χ3n) is 13.1. The Labute approximate surface area is 335 Å². The van der Waals surface area contributed by atoms with E-state index in [0.717, 1.165) is 27.7 Å². The summed E-state index contributed by atoms with van der Waals surface area (Å²) in [6, 6.07) is 49.5. The fourth-order valence-corrected chi connectivity index (χ4v) is 15.3. The zero-order valence-electron chi connectivity index (χ0n) is 32.4. The molecule has 4 nitrogen and oxygen atoms in total. The van der Waals surface area contributed by atoms with Gasteiger partial charge in [0.2, 0.25) is 0 Å². The Morgan fingerprint density at radius 1 is 0.561 bits per heavy atom. The van der Waals surface area contributed by atoms with Gasteiger partial charge >= 0.3 is 0 Å². The van der Waals surface area contributed by atoms with Crippen LogP contribution in [0.1, 0.15) is 26.3 Å². The third kappa shape index (κ3) is 3.98. The molecular weight excluding hydrogens is 732 g/mol. The predicted octanol–water partition coefficient (Wildman–Crippen LogP) is 11.2. The molecule has 0 spiro atoms.